The number of nitrogens with one attached hydrogen (secondary N) is 1. The fourth-order valence-corrected chi connectivity index (χ4v) is 1.39. The lowest BCUT2D eigenvalue weighted by Crippen LogP contribution is -2.14. The first-order chi connectivity index (χ1) is 6.59. The molecule has 0 bridgehead atoms. The SMILES string of the molecule is C=C(C)CNCc1ccc(Cl)c(Cl)c1. The van der Waals surface area contributed by atoms with Gasteiger partial charge in [-0.3, -0.25) is 0 Å². The summed E-state index contributed by atoms with van der Waals surface area (Å²) in [6.07, 6.45) is 0. The molecule has 0 spiro atoms. The summed E-state index contributed by atoms with van der Waals surface area (Å²) < 4.78 is 0. The van der Waals surface area contributed by atoms with Gasteiger partial charge in [-0.25, -0.2) is 0 Å². The predicted octanol–water partition coefficient (Wildman–Crippen LogP) is 3.66. The van der Waals surface area contributed by atoms with Crippen molar-refractivity contribution in [2.45, 2.75) is 13.5 Å². The summed E-state index contributed by atoms with van der Waals surface area (Å²) in [6, 6.07) is 5.64. The normalized spacial score (nSPS) is 10.2. The van der Waals surface area contributed by atoms with Crippen LogP contribution in [0.4, 0.5) is 0 Å². The van der Waals surface area contributed by atoms with Gasteiger partial charge in [0.05, 0.1) is 10.0 Å². The molecule has 0 aliphatic rings. The van der Waals surface area contributed by atoms with Gasteiger partial charge in [0.1, 0.15) is 0 Å². The Bertz CT molecular complexity index is 334. The van der Waals surface area contributed by atoms with Gasteiger partial charge in [0.2, 0.25) is 0 Å². The van der Waals surface area contributed by atoms with Crippen LogP contribution in [0.2, 0.25) is 10.0 Å². The van der Waals surface area contributed by atoms with Gasteiger partial charge in [0.15, 0.2) is 0 Å². The fourth-order valence-electron chi connectivity index (χ4n) is 1.07. The van der Waals surface area contributed by atoms with Gasteiger partial charge >= 0.3 is 0 Å². The average molecular weight is 230 g/mol. The smallest absolute Gasteiger partial charge is 0.0595 e. The maximum atomic E-state index is 5.88. The van der Waals surface area contributed by atoms with Crippen LogP contribution in [-0.4, -0.2) is 6.54 Å². The zero-order valence-corrected chi connectivity index (χ0v) is 9.62. The van der Waals surface area contributed by atoms with Gasteiger partial charge in [-0.1, -0.05) is 41.4 Å². The van der Waals surface area contributed by atoms with E-state index in [1.807, 2.05) is 25.1 Å². The molecule has 0 saturated heterocycles. The van der Waals surface area contributed by atoms with Gasteiger partial charge in [-0.05, 0) is 24.6 Å². The van der Waals surface area contributed by atoms with E-state index in [9.17, 15) is 0 Å². The first kappa shape index (κ1) is 11.6. The lowest BCUT2D eigenvalue weighted by Gasteiger charge is -2.05. The summed E-state index contributed by atoms with van der Waals surface area (Å²) >= 11 is 11.7. The average Bonchev–Trinajstić information content (AvgIpc) is 2.10. The molecule has 0 radical (unpaired) electrons. The molecule has 0 amide bonds. The zero-order chi connectivity index (χ0) is 10.6. The molecule has 0 atom stereocenters. The second kappa shape index (κ2) is 5.40. The molecule has 14 heavy (non-hydrogen) atoms. The Morgan fingerprint density at radius 2 is 2.07 bits per heavy atom. The fraction of sp³-hybridized carbons (Fsp3) is 0.273. The van der Waals surface area contributed by atoms with Gasteiger partial charge in [-0.2, -0.15) is 0 Å². The summed E-state index contributed by atoms with van der Waals surface area (Å²) in [5.41, 5.74) is 2.24. The first-order valence-corrected chi connectivity index (χ1v) is 5.14. The van der Waals surface area contributed by atoms with E-state index in [-0.39, 0.29) is 0 Å². The van der Waals surface area contributed by atoms with E-state index in [0.717, 1.165) is 24.2 Å². The van der Waals surface area contributed by atoms with E-state index < -0.39 is 0 Å². The molecule has 0 unspecified atom stereocenters. The zero-order valence-electron chi connectivity index (χ0n) is 8.11. The molecule has 0 heterocycles. The van der Waals surface area contributed by atoms with E-state index in [2.05, 4.69) is 11.9 Å². The van der Waals surface area contributed by atoms with Crippen molar-refractivity contribution >= 4 is 23.2 Å². The van der Waals surface area contributed by atoms with E-state index in [1.165, 1.54) is 0 Å². The van der Waals surface area contributed by atoms with Crippen molar-refractivity contribution in [2.75, 3.05) is 6.54 Å². The van der Waals surface area contributed by atoms with Crippen molar-refractivity contribution in [1.29, 1.82) is 0 Å². The highest BCUT2D eigenvalue weighted by Gasteiger charge is 1.98. The van der Waals surface area contributed by atoms with Crippen LogP contribution in [0.25, 0.3) is 0 Å². The third-order valence-electron chi connectivity index (χ3n) is 1.74. The minimum absolute atomic E-state index is 0.593. The molecule has 0 aliphatic heterocycles. The Balaban J connectivity index is 2.51. The van der Waals surface area contributed by atoms with Crippen LogP contribution in [0.1, 0.15) is 12.5 Å². The monoisotopic (exact) mass is 229 g/mol. The first-order valence-electron chi connectivity index (χ1n) is 4.38. The molecule has 3 heteroatoms. The third kappa shape index (κ3) is 3.70. The van der Waals surface area contributed by atoms with Crippen LogP contribution >= 0.6 is 23.2 Å². The Morgan fingerprint density at radius 3 is 2.64 bits per heavy atom. The Morgan fingerprint density at radius 1 is 1.36 bits per heavy atom. The van der Waals surface area contributed by atoms with Crippen LogP contribution in [0.15, 0.2) is 30.4 Å². The molecule has 0 fully saturated rings. The van der Waals surface area contributed by atoms with E-state index in [0.29, 0.717) is 10.0 Å². The quantitative estimate of drug-likeness (QED) is 0.778. The van der Waals surface area contributed by atoms with E-state index >= 15 is 0 Å². The van der Waals surface area contributed by atoms with Gasteiger partial charge < -0.3 is 5.32 Å². The topological polar surface area (TPSA) is 12.0 Å². The Labute approximate surface area is 94.7 Å². The van der Waals surface area contributed by atoms with Gasteiger partial charge in [0.25, 0.3) is 0 Å². The lowest BCUT2D eigenvalue weighted by molar-refractivity contribution is 0.741. The Hall–Kier alpha value is -0.500. The molecule has 1 rings (SSSR count). The van der Waals surface area contributed by atoms with E-state index in [4.69, 9.17) is 23.2 Å². The third-order valence-corrected chi connectivity index (χ3v) is 2.48. The van der Waals surface area contributed by atoms with Crippen LogP contribution in [-0.2, 0) is 6.54 Å². The van der Waals surface area contributed by atoms with Gasteiger partial charge in [0, 0.05) is 13.1 Å². The number of hydrogen-bond acceptors (Lipinski definition) is 1. The molecule has 0 aromatic heterocycles. The number of rotatable bonds is 4. The van der Waals surface area contributed by atoms with E-state index in [1.54, 1.807) is 0 Å². The highest BCUT2D eigenvalue weighted by Crippen LogP contribution is 2.22. The van der Waals surface area contributed by atoms with Crippen molar-refractivity contribution in [3.8, 4) is 0 Å². The highest BCUT2D eigenvalue weighted by atomic mass is 35.5. The van der Waals surface area contributed by atoms with Crippen molar-refractivity contribution in [3.05, 3.63) is 46.0 Å². The number of benzene rings is 1. The summed E-state index contributed by atoms with van der Waals surface area (Å²) in [5, 5.41) is 4.44. The van der Waals surface area contributed by atoms with Crippen LogP contribution < -0.4 is 5.32 Å². The molecule has 1 nitrogen and oxygen atoms in total. The number of halogens is 2. The summed E-state index contributed by atoms with van der Waals surface area (Å²) in [4.78, 5) is 0. The van der Waals surface area contributed by atoms with Crippen LogP contribution in [0.3, 0.4) is 0 Å². The molecule has 1 aromatic rings. The van der Waals surface area contributed by atoms with Gasteiger partial charge in [-0.15, -0.1) is 0 Å². The highest BCUT2D eigenvalue weighted by molar-refractivity contribution is 6.42. The summed E-state index contributed by atoms with van der Waals surface area (Å²) in [7, 11) is 0. The molecular formula is C11H13Cl2N. The maximum Gasteiger partial charge on any atom is 0.0595 e. The molecule has 0 aliphatic carbocycles. The Kier molecular flexibility index (Phi) is 4.46. The second-order valence-corrected chi connectivity index (χ2v) is 4.12. The predicted molar refractivity (Wildman–Crippen MR) is 63.0 cm³/mol. The molecule has 76 valence electrons. The molecular weight excluding hydrogens is 217 g/mol. The van der Waals surface area contributed by atoms with Crippen LogP contribution in [0, 0.1) is 0 Å². The van der Waals surface area contributed by atoms with Crippen molar-refractivity contribution < 1.29 is 0 Å². The molecule has 1 N–H and O–H groups in total. The largest absolute Gasteiger partial charge is 0.309 e. The van der Waals surface area contributed by atoms with Crippen molar-refractivity contribution in [2.24, 2.45) is 0 Å². The molecule has 1 aromatic carbocycles. The minimum Gasteiger partial charge on any atom is -0.309 e. The summed E-state index contributed by atoms with van der Waals surface area (Å²) in [6.45, 7) is 7.40. The maximum absolute atomic E-state index is 5.88. The van der Waals surface area contributed by atoms with Crippen molar-refractivity contribution in [3.63, 3.8) is 0 Å². The molecule has 0 saturated carbocycles. The second-order valence-electron chi connectivity index (χ2n) is 3.31. The number of hydrogen-bond donors (Lipinski definition) is 1. The standard InChI is InChI=1S/C11H13Cl2N/c1-8(2)6-14-7-9-3-4-10(12)11(13)5-9/h3-5,14H,1,6-7H2,2H3. The lowest BCUT2D eigenvalue weighted by atomic mass is 10.2. The summed E-state index contributed by atoms with van der Waals surface area (Å²) in [5.74, 6) is 0. The van der Waals surface area contributed by atoms with Crippen LogP contribution in [0.5, 0.6) is 0 Å². The van der Waals surface area contributed by atoms with Crippen molar-refractivity contribution in [1.82, 2.24) is 5.32 Å². The minimum atomic E-state index is 0.593.